The van der Waals surface area contributed by atoms with Gasteiger partial charge >= 0.3 is 0 Å². The van der Waals surface area contributed by atoms with Gasteiger partial charge in [0.25, 0.3) is 0 Å². The fourth-order valence-corrected chi connectivity index (χ4v) is 3.73. The topological polar surface area (TPSA) is 61.8 Å². The molecule has 3 N–H and O–H groups in total. The van der Waals surface area contributed by atoms with Crippen LogP contribution in [0.4, 0.5) is 5.69 Å². The molecule has 0 unspecified atom stereocenters. The molecule has 1 saturated heterocycles. The van der Waals surface area contributed by atoms with Crippen LogP contribution in [0.3, 0.4) is 0 Å². The number of aliphatic hydroxyl groups is 1. The van der Waals surface area contributed by atoms with Crippen LogP contribution >= 0.6 is 36.2 Å². The molecule has 0 saturated carbocycles. The monoisotopic (exact) mass is 401 g/mol. The van der Waals surface area contributed by atoms with Crippen LogP contribution in [0.15, 0.2) is 40.7 Å². The summed E-state index contributed by atoms with van der Waals surface area (Å²) in [6, 6.07) is 10.4. The molecule has 1 aliphatic rings. The second kappa shape index (κ2) is 10.1. The van der Waals surface area contributed by atoms with Gasteiger partial charge in [-0.3, -0.25) is 4.90 Å². The van der Waals surface area contributed by atoms with Crippen molar-refractivity contribution in [2.45, 2.75) is 32.4 Å². The summed E-state index contributed by atoms with van der Waals surface area (Å²) in [6.07, 6.45) is 2.24. The van der Waals surface area contributed by atoms with Crippen molar-refractivity contribution in [2.75, 3.05) is 13.2 Å². The Morgan fingerprint density at radius 3 is 2.80 bits per heavy atom. The lowest BCUT2D eigenvalue weighted by Crippen LogP contribution is -2.31. The number of benzene rings is 1. The fraction of sp³-hybridized carbons (Fsp3) is 0.389. The summed E-state index contributed by atoms with van der Waals surface area (Å²) in [5.74, 6) is 0.564. The van der Waals surface area contributed by atoms with Crippen LogP contribution in [0.1, 0.15) is 28.8 Å². The van der Waals surface area contributed by atoms with E-state index in [-0.39, 0.29) is 37.5 Å². The van der Waals surface area contributed by atoms with Gasteiger partial charge in [-0.15, -0.1) is 36.2 Å². The van der Waals surface area contributed by atoms with Gasteiger partial charge in [0.05, 0.1) is 17.2 Å². The van der Waals surface area contributed by atoms with Crippen molar-refractivity contribution in [1.82, 2.24) is 4.90 Å². The molecule has 4 nitrogen and oxygen atoms in total. The normalized spacial score (nSPS) is 17.8. The highest BCUT2D eigenvalue weighted by molar-refractivity contribution is 7.12. The first-order valence-electron chi connectivity index (χ1n) is 8.00. The number of nitrogens with zero attached hydrogens (tertiary/aromatic N) is 2. The van der Waals surface area contributed by atoms with Crippen LogP contribution in [0.5, 0.6) is 0 Å². The Labute approximate surface area is 165 Å². The summed E-state index contributed by atoms with van der Waals surface area (Å²) < 4.78 is 0. The average molecular weight is 402 g/mol. The van der Waals surface area contributed by atoms with Crippen LogP contribution < -0.4 is 5.73 Å². The Morgan fingerprint density at radius 1 is 1.32 bits per heavy atom. The Morgan fingerprint density at radius 2 is 2.12 bits per heavy atom. The molecule has 2 aromatic rings. The van der Waals surface area contributed by atoms with Crippen LogP contribution in [0.2, 0.25) is 0 Å². The number of aliphatic hydroxyl groups excluding tert-OH is 1. The average Bonchev–Trinajstić information content (AvgIpc) is 3.22. The number of nitrogens with two attached hydrogens (primary N) is 1. The summed E-state index contributed by atoms with van der Waals surface area (Å²) in [6.45, 7) is 4.25. The van der Waals surface area contributed by atoms with E-state index < -0.39 is 0 Å². The molecule has 3 rings (SSSR count). The molecule has 138 valence electrons. The van der Waals surface area contributed by atoms with Crippen LogP contribution in [-0.2, 0) is 6.54 Å². The number of likely N-dealkylation sites (tertiary alicyclic amines) is 1. The van der Waals surface area contributed by atoms with Crippen molar-refractivity contribution in [3.8, 4) is 0 Å². The minimum atomic E-state index is 0. The molecule has 0 bridgehead atoms. The summed E-state index contributed by atoms with van der Waals surface area (Å²) in [5, 5.41) is 11.5. The predicted molar refractivity (Wildman–Crippen MR) is 111 cm³/mol. The highest BCUT2D eigenvalue weighted by Gasteiger charge is 2.24. The SMILES string of the molecule is Cc1c(CN2CCC[C@@H]2CO)cccc1N=C(N)c1cccs1.Cl.Cl. The molecule has 1 fully saturated rings. The van der Waals surface area contributed by atoms with E-state index in [1.54, 1.807) is 11.3 Å². The van der Waals surface area contributed by atoms with E-state index in [0.717, 1.165) is 42.1 Å². The van der Waals surface area contributed by atoms with Crippen LogP contribution in [0, 0.1) is 6.92 Å². The second-order valence-corrected chi connectivity index (χ2v) is 6.93. The molecule has 1 aromatic heterocycles. The smallest absolute Gasteiger partial charge is 0.141 e. The van der Waals surface area contributed by atoms with Crippen LogP contribution in [-0.4, -0.2) is 35.0 Å². The maximum Gasteiger partial charge on any atom is 0.141 e. The molecule has 0 aliphatic carbocycles. The number of thiophene rings is 1. The largest absolute Gasteiger partial charge is 0.395 e. The molecule has 1 atom stereocenters. The molecule has 0 amide bonds. The van der Waals surface area contributed by atoms with Crippen molar-refractivity contribution < 1.29 is 5.11 Å². The number of hydrogen-bond donors (Lipinski definition) is 2. The number of rotatable bonds is 5. The first-order chi connectivity index (χ1) is 11.2. The molecule has 0 radical (unpaired) electrons. The minimum Gasteiger partial charge on any atom is -0.395 e. The lowest BCUT2D eigenvalue weighted by molar-refractivity contribution is 0.153. The minimum absolute atomic E-state index is 0. The maximum absolute atomic E-state index is 9.48. The second-order valence-electron chi connectivity index (χ2n) is 5.98. The van der Waals surface area contributed by atoms with Gasteiger partial charge in [-0.25, -0.2) is 4.99 Å². The quantitative estimate of drug-likeness (QED) is 0.589. The van der Waals surface area contributed by atoms with Crippen molar-refractivity contribution in [3.63, 3.8) is 0 Å². The summed E-state index contributed by atoms with van der Waals surface area (Å²) >= 11 is 1.60. The third-order valence-corrected chi connectivity index (χ3v) is 5.41. The van der Waals surface area contributed by atoms with Crippen LogP contribution in [0.25, 0.3) is 0 Å². The molecule has 0 spiro atoms. The van der Waals surface area contributed by atoms with Gasteiger partial charge in [0.1, 0.15) is 5.84 Å². The van der Waals surface area contributed by atoms with Gasteiger partial charge in [0.2, 0.25) is 0 Å². The van der Waals surface area contributed by atoms with E-state index in [9.17, 15) is 5.11 Å². The van der Waals surface area contributed by atoms with Gasteiger partial charge in [0, 0.05) is 12.6 Å². The summed E-state index contributed by atoms with van der Waals surface area (Å²) in [4.78, 5) is 7.97. The first-order valence-corrected chi connectivity index (χ1v) is 8.88. The molecule has 2 heterocycles. The first kappa shape index (κ1) is 21.9. The van der Waals surface area contributed by atoms with Crippen molar-refractivity contribution >= 4 is 47.7 Å². The Kier molecular flexibility index (Phi) is 8.89. The molecule has 7 heteroatoms. The molecular formula is C18H25Cl2N3OS. The Bertz CT molecular complexity index is 692. The highest BCUT2D eigenvalue weighted by Crippen LogP contribution is 2.26. The number of hydrogen-bond acceptors (Lipinski definition) is 4. The zero-order valence-corrected chi connectivity index (χ0v) is 16.7. The summed E-state index contributed by atoms with van der Waals surface area (Å²) in [7, 11) is 0. The van der Waals surface area contributed by atoms with E-state index in [2.05, 4.69) is 22.9 Å². The fourth-order valence-electron chi connectivity index (χ4n) is 3.10. The third kappa shape index (κ3) is 5.19. The standard InChI is InChI=1S/C18H23N3OS.2ClH/c1-13-14(11-21-9-3-6-15(21)12-22)5-2-7-16(13)20-18(19)17-8-4-10-23-17;;/h2,4-5,7-8,10,15,22H,3,6,9,11-12H2,1H3,(H2,19,20);2*1H/t15-;;/m1../s1. The maximum atomic E-state index is 9.48. The van der Waals surface area contributed by atoms with E-state index in [1.165, 1.54) is 5.56 Å². The van der Waals surface area contributed by atoms with Gasteiger partial charge < -0.3 is 10.8 Å². The molecule has 25 heavy (non-hydrogen) atoms. The molecule has 1 aliphatic heterocycles. The molecular weight excluding hydrogens is 377 g/mol. The van der Waals surface area contributed by atoms with Gasteiger partial charge in [-0.2, -0.15) is 0 Å². The zero-order valence-electron chi connectivity index (χ0n) is 14.2. The van der Waals surface area contributed by atoms with E-state index in [0.29, 0.717) is 5.84 Å². The van der Waals surface area contributed by atoms with Gasteiger partial charge in [0.15, 0.2) is 0 Å². The van der Waals surface area contributed by atoms with E-state index >= 15 is 0 Å². The van der Waals surface area contributed by atoms with Gasteiger partial charge in [-0.1, -0.05) is 18.2 Å². The Hall–Kier alpha value is -1.11. The lowest BCUT2D eigenvalue weighted by Gasteiger charge is -2.23. The van der Waals surface area contributed by atoms with E-state index in [4.69, 9.17) is 5.73 Å². The highest BCUT2D eigenvalue weighted by atomic mass is 35.5. The predicted octanol–water partition coefficient (Wildman–Crippen LogP) is 3.89. The van der Waals surface area contributed by atoms with Crippen molar-refractivity contribution in [3.05, 3.63) is 51.7 Å². The third-order valence-electron chi connectivity index (χ3n) is 4.52. The van der Waals surface area contributed by atoms with E-state index in [1.807, 2.05) is 29.6 Å². The number of halogens is 2. The lowest BCUT2D eigenvalue weighted by atomic mass is 10.1. The number of aliphatic imine (C=N–C) groups is 1. The Balaban J connectivity index is 0.00000156. The number of amidine groups is 1. The van der Waals surface area contributed by atoms with Crippen molar-refractivity contribution in [1.29, 1.82) is 0 Å². The molecule has 1 aromatic carbocycles. The van der Waals surface area contributed by atoms with Gasteiger partial charge in [-0.05, 0) is 54.9 Å². The summed E-state index contributed by atoms with van der Waals surface area (Å²) in [5.41, 5.74) is 9.46. The zero-order chi connectivity index (χ0) is 16.2. The van der Waals surface area contributed by atoms with Crippen molar-refractivity contribution in [2.24, 2.45) is 10.7 Å².